The van der Waals surface area contributed by atoms with Crippen molar-refractivity contribution in [3.63, 3.8) is 0 Å². The fourth-order valence-corrected chi connectivity index (χ4v) is 13.6. The molecular formula is C60H54N6O15S4. The van der Waals surface area contributed by atoms with Crippen LogP contribution in [0.15, 0.2) is 177 Å². The Bertz CT molecular complexity index is 4560. The molecule has 0 aromatic heterocycles. The summed E-state index contributed by atoms with van der Waals surface area (Å²) in [7, 11) is -15.2. The van der Waals surface area contributed by atoms with E-state index in [9.17, 15) is 61.7 Å². The molecule has 10 rings (SSSR count). The van der Waals surface area contributed by atoms with Gasteiger partial charge in [0.25, 0.3) is 20.2 Å². The first kappa shape index (κ1) is 59.6. The molecule has 1 saturated heterocycles. The van der Waals surface area contributed by atoms with E-state index < -0.39 is 80.7 Å². The molecule has 3 aliphatic heterocycles. The zero-order valence-electron chi connectivity index (χ0n) is 45.4. The Morgan fingerprint density at radius 2 is 1.36 bits per heavy atom. The van der Waals surface area contributed by atoms with Gasteiger partial charge in [0.15, 0.2) is 5.25 Å². The topological polar surface area (TPSA) is 301 Å². The van der Waals surface area contributed by atoms with Crippen molar-refractivity contribution in [2.75, 3.05) is 50.1 Å². The molecule has 0 radical (unpaired) electrons. The maximum absolute atomic E-state index is 15.0. The first-order valence-electron chi connectivity index (χ1n) is 26.4. The summed E-state index contributed by atoms with van der Waals surface area (Å²) in [6, 6.07) is 42.2. The van der Waals surface area contributed by atoms with Crippen molar-refractivity contribution in [1.29, 1.82) is 0 Å². The Labute approximate surface area is 490 Å². The van der Waals surface area contributed by atoms with E-state index >= 15 is 0 Å². The second-order valence-electron chi connectivity index (χ2n) is 20.2. The minimum Gasteiger partial charge on any atom is -0.744 e. The van der Waals surface area contributed by atoms with Crippen LogP contribution in [0.4, 0.5) is 22.7 Å². The molecule has 25 heteroatoms. The summed E-state index contributed by atoms with van der Waals surface area (Å²) in [5, 5.41) is 3.81. The van der Waals surface area contributed by atoms with Gasteiger partial charge in [-0.2, -0.15) is 25.7 Å². The van der Waals surface area contributed by atoms with Crippen LogP contribution in [-0.2, 0) is 61.3 Å². The number of para-hydroxylation sites is 1. The lowest BCUT2D eigenvalue weighted by atomic mass is 9.93. The second-order valence-corrected chi connectivity index (χ2v) is 26.5. The van der Waals surface area contributed by atoms with Crippen molar-refractivity contribution in [3.05, 3.63) is 180 Å². The summed E-state index contributed by atoms with van der Waals surface area (Å²) in [4.78, 5) is 43.2. The molecule has 0 saturated carbocycles. The van der Waals surface area contributed by atoms with E-state index in [0.29, 0.717) is 67.1 Å². The predicted octanol–water partition coefficient (Wildman–Crippen LogP) is 6.08. The minimum atomic E-state index is -5.09. The van der Waals surface area contributed by atoms with Gasteiger partial charge in [-0.15, -0.1) is 0 Å². The molecule has 4 aliphatic rings. The summed E-state index contributed by atoms with van der Waals surface area (Å²) >= 11 is 0. The molecule has 21 nitrogen and oxygen atoms in total. The number of sulfonamides is 1. The monoisotopic (exact) mass is 1230 g/mol. The van der Waals surface area contributed by atoms with Crippen LogP contribution >= 0.6 is 0 Å². The number of rotatable bonds is 16. The lowest BCUT2D eigenvalue weighted by molar-refractivity contribution is -0.126. The maximum atomic E-state index is 15.0. The second kappa shape index (κ2) is 23.8. The molecule has 6 aromatic carbocycles. The highest BCUT2D eigenvalue weighted by Gasteiger charge is 2.37. The number of hydrogen-bond donors (Lipinski definition) is 4. The quantitative estimate of drug-likeness (QED) is 0.0369. The van der Waals surface area contributed by atoms with Crippen molar-refractivity contribution in [1.82, 2.24) is 19.5 Å². The van der Waals surface area contributed by atoms with Gasteiger partial charge >= 0.3 is 0 Å². The number of carbonyl (C=O) groups excluding carboxylic acids is 3. The highest BCUT2D eigenvalue weighted by molar-refractivity contribution is 7.89. The van der Waals surface area contributed by atoms with Gasteiger partial charge in [0, 0.05) is 114 Å². The molecule has 6 aromatic rings. The smallest absolute Gasteiger partial charge is 0.294 e. The summed E-state index contributed by atoms with van der Waals surface area (Å²) in [6.45, 7) is -1.19. The fourth-order valence-electron chi connectivity index (χ4n) is 10.4. The Kier molecular flexibility index (Phi) is 16.7. The van der Waals surface area contributed by atoms with Gasteiger partial charge in [-0.1, -0.05) is 60.4 Å². The SMILES string of the molecule is CN(c1ccc(S(=O)(=O)[O-])cc1)c1ccc2c(-c3ccccc3S(=O)(=O)N3CCC(C(=O)NCC(C(=O)NCCC(=O)N4Cc5ccccc5C#Cc5ccccc54)S(=O)(=O)O)CC3)c3ccc(=[N+](C)c4ccc(S(=O)(=O)O)cc4)cc-3oc2c1. The zero-order valence-corrected chi connectivity index (χ0v) is 48.7. The van der Waals surface area contributed by atoms with E-state index in [4.69, 9.17) is 4.42 Å². The van der Waals surface area contributed by atoms with E-state index in [1.807, 2.05) is 24.3 Å². The van der Waals surface area contributed by atoms with Gasteiger partial charge in [-0.25, -0.2) is 16.8 Å². The number of fused-ring (bicyclic) bond motifs is 4. The van der Waals surface area contributed by atoms with Crippen LogP contribution in [0.25, 0.3) is 33.4 Å². The number of piperidine rings is 1. The van der Waals surface area contributed by atoms with Crippen LogP contribution in [0, 0.1) is 17.8 Å². The number of nitrogens with one attached hydrogen (secondary N) is 2. The van der Waals surface area contributed by atoms with E-state index in [1.165, 1.54) is 63.8 Å². The molecule has 0 bridgehead atoms. The molecule has 3 heterocycles. The Morgan fingerprint density at radius 3 is 2.06 bits per heavy atom. The normalized spacial score (nSPS) is 14.9. The predicted molar refractivity (Wildman–Crippen MR) is 315 cm³/mol. The third kappa shape index (κ3) is 12.8. The summed E-state index contributed by atoms with van der Waals surface area (Å²) < 4.78 is 143. The molecule has 85 heavy (non-hydrogen) atoms. The van der Waals surface area contributed by atoms with Crippen molar-refractivity contribution in [2.45, 2.75) is 45.7 Å². The molecule has 0 spiro atoms. The van der Waals surface area contributed by atoms with Crippen molar-refractivity contribution in [2.24, 2.45) is 5.92 Å². The van der Waals surface area contributed by atoms with Gasteiger partial charge in [0.05, 0.1) is 33.0 Å². The van der Waals surface area contributed by atoms with Crippen LogP contribution < -0.4 is 30.4 Å². The third-order valence-corrected chi connectivity index (χ3v) is 19.8. The van der Waals surface area contributed by atoms with Gasteiger partial charge in [0.2, 0.25) is 38.8 Å². The number of hydrogen-bond acceptors (Lipinski definition) is 14. The van der Waals surface area contributed by atoms with E-state index in [-0.39, 0.29) is 55.2 Å². The highest BCUT2D eigenvalue weighted by Crippen LogP contribution is 2.44. The van der Waals surface area contributed by atoms with Gasteiger partial charge in [-0.05, 0) is 97.3 Å². The summed E-state index contributed by atoms with van der Waals surface area (Å²) in [5.74, 6) is 3.53. The number of carbonyl (C=O) groups is 3. The Morgan fingerprint density at radius 1 is 0.729 bits per heavy atom. The highest BCUT2D eigenvalue weighted by atomic mass is 32.2. The first-order chi connectivity index (χ1) is 40.4. The molecule has 438 valence electrons. The van der Waals surface area contributed by atoms with Crippen molar-refractivity contribution >= 4 is 91.8 Å². The molecule has 3 amide bonds. The number of nitrogens with zero attached hydrogens (tertiary/aromatic N) is 4. The molecule has 1 unspecified atom stereocenters. The van der Waals surface area contributed by atoms with Crippen LogP contribution in [-0.4, -0.2) is 115 Å². The lowest BCUT2D eigenvalue weighted by Crippen LogP contribution is -2.49. The van der Waals surface area contributed by atoms with E-state index in [0.717, 1.165) is 11.1 Å². The summed E-state index contributed by atoms with van der Waals surface area (Å²) in [5.41, 5.74) is 5.93. The molecular weight excluding hydrogens is 1170 g/mol. The first-order valence-corrected chi connectivity index (χ1v) is 32.2. The van der Waals surface area contributed by atoms with Gasteiger partial charge < -0.3 is 29.4 Å². The standard InChI is InChI=1S/C60H54N6O15S4/c1-63(43-17-23-47(24-18-43)83(72,73)74)45-21-27-49-53(35-45)81-54-36-46(64(2)44-19-25-48(26-20-44)84(75,76)77)22-28-50(54)58(49)51-12-6-8-14-55(51)82(70,71)65-33-30-41(31-34-65)59(68)62-37-56(85(78,79)80)60(69)61-32-29-57(67)66-38-42-11-4-3-9-39(42)15-16-40-10-5-7-13-52(40)66/h3-14,17-28,35-36,41,56H,29-34,37-38H2,1-2H3,(H4-,61,62,68,69,72,73,74,75,76,77,78,79,80). The van der Waals surface area contributed by atoms with Crippen LogP contribution in [0.1, 0.15) is 36.0 Å². The van der Waals surface area contributed by atoms with Gasteiger partial charge in [-0.3, -0.25) is 23.5 Å². The zero-order chi connectivity index (χ0) is 60.6. The van der Waals surface area contributed by atoms with Gasteiger partial charge in [0.1, 0.15) is 28.5 Å². The Balaban J connectivity index is 0.868. The number of benzene rings is 7. The average Bonchev–Trinajstić information content (AvgIpc) is 1.23. The summed E-state index contributed by atoms with van der Waals surface area (Å²) in [6.07, 6.45) is -0.239. The van der Waals surface area contributed by atoms with Crippen LogP contribution in [0.5, 0.6) is 0 Å². The Hall–Kier alpha value is -8.58. The van der Waals surface area contributed by atoms with Crippen molar-refractivity contribution < 1.29 is 66.1 Å². The van der Waals surface area contributed by atoms with Crippen LogP contribution in [0.3, 0.4) is 0 Å². The molecule has 4 N–H and O–H groups in total. The average molecular weight is 1230 g/mol. The minimum absolute atomic E-state index is 0.00437. The van der Waals surface area contributed by atoms with Crippen molar-refractivity contribution in [3.8, 4) is 34.3 Å². The van der Waals surface area contributed by atoms with Crippen LogP contribution in [0.2, 0.25) is 0 Å². The molecule has 1 atom stereocenters. The lowest BCUT2D eigenvalue weighted by Gasteiger charge is -2.31. The third-order valence-electron chi connectivity index (χ3n) is 15.0. The molecule has 1 aliphatic carbocycles. The largest absolute Gasteiger partial charge is 0.744 e. The maximum Gasteiger partial charge on any atom is 0.294 e. The fraction of sp³-hybridized carbons (Fsp3) is 0.200. The number of anilines is 3. The van der Waals surface area contributed by atoms with E-state index in [2.05, 4.69) is 22.5 Å². The van der Waals surface area contributed by atoms with E-state index in [1.54, 1.807) is 102 Å². The number of amides is 3. The molecule has 1 fully saturated rings.